The number of oxazole rings is 1. The lowest BCUT2D eigenvalue weighted by Gasteiger charge is -2.01. The Kier molecular flexibility index (Phi) is 3.22. The third-order valence-corrected chi connectivity index (χ3v) is 3.74. The van der Waals surface area contributed by atoms with Crippen LogP contribution in [0, 0.1) is 6.92 Å². The van der Waals surface area contributed by atoms with Crippen molar-refractivity contribution in [2.45, 2.75) is 32.4 Å². The van der Waals surface area contributed by atoms with Crippen LogP contribution in [0.1, 0.15) is 24.1 Å². The minimum Gasteiger partial charge on any atom is -0.444 e. The summed E-state index contributed by atoms with van der Waals surface area (Å²) in [7, 11) is 0. The average Bonchev–Trinajstić information content (AvgIpc) is 3.08. The van der Waals surface area contributed by atoms with E-state index in [4.69, 9.17) is 4.42 Å². The maximum atomic E-state index is 5.56. The van der Waals surface area contributed by atoms with Gasteiger partial charge in [-0.05, 0) is 47.8 Å². The SMILES string of the molecule is Cc1ccc(Br)c(-c2nc(CNC3CC3)co2)c1. The number of aromatic nitrogens is 1. The van der Waals surface area contributed by atoms with Crippen molar-refractivity contribution >= 4 is 15.9 Å². The van der Waals surface area contributed by atoms with Crippen LogP contribution in [0.25, 0.3) is 11.5 Å². The monoisotopic (exact) mass is 306 g/mol. The molecule has 0 amide bonds. The molecule has 94 valence electrons. The minimum atomic E-state index is 0.679. The predicted octanol–water partition coefficient (Wildman–Crippen LogP) is 3.66. The van der Waals surface area contributed by atoms with Crippen LogP contribution in [0.4, 0.5) is 0 Å². The molecule has 3 nitrogen and oxygen atoms in total. The second-order valence-electron chi connectivity index (χ2n) is 4.78. The van der Waals surface area contributed by atoms with Gasteiger partial charge in [0.15, 0.2) is 0 Å². The van der Waals surface area contributed by atoms with Crippen LogP contribution in [-0.2, 0) is 6.54 Å². The molecule has 4 heteroatoms. The smallest absolute Gasteiger partial charge is 0.227 e. The fourth-order valence-corrected chi connectivity index (χ4v) is 2.27. The normalized spacial score (nSPS) is 15.0. The summed E-state index contributed by atoms with van der Waals surface area (Å²) in [4.78, 5) is 4.52. The highest BCUT2D eigenvalue weighted by Crippen LogP contribution is 2.28. The molecule has 0 bridgehead atoms. The van der Waals surface area contributed by atoms with Crippen molar-refractivity contribution in [2.75, 3.05) is 0 Å². The molecule has 1 aliphatic rings. The van der Waals surface area contributed by atoms with Gasteiger partial charge in [0.1, 0.15) is 6.26 Å². The van der Waals surface area contributed by atoms with Gasteiger partial charge < -0.3 is 9.73 Å². The standard InChI is InChI=1S/C14H15BrN2O/c1-9-2-5-13(15)12(6-9)14-17-11(8-18-14)7-16-10-3-4-10/h2,5-6,8,10,16H,3-4,7H2,1H3. The van der Waals surface area contributed by atoms with E-state index in [0.29, 0.717) is 11.9 Å². The van der Waals surface area contributed by atoms with Gasteiger partial charge in [0.05, 0.1) is 11.3 Å². The topological polar surface area (TPSA) is 38.1 Å². The Labute approximate surface area is 115 Å². The van der Waals surface area contributed by atoms with E-state index in [-0.39, 0.29) is 0 Å². The number of halogens is 1. The van der Waals surface area contributed by atoms with Crippen LogP contribution in [0.3, 0.4) is 0 Å². The Hall–Kier alpha value is -1.13. The third-order valence-electron chi connectivity index (χ3n) is 3.05. The maximum Gasteiger partial charge on any atom is 0.227 e. The van der Waals surface area contributed by atoms with Crippen molar-refractivity contribution in [3.8, 4) is 11.5 Å². The van der Waals surface area contributed by atoms with E-state index in [1.807, 2.05) is 6.07 Å². The molecule has 0 radical (unpaired) electrons. The average molecular weight is 307 g/mol. The van der Waals surface area contributed by atoms with Gasteiger partial charge in [0.2, 0.25) is 5.89 Å². The summed E-state index contributed by atoms with van der Waals surface area (Å²) in [5.74, 6) is 0.679. The van der Waals surface area contributed by atoms with Crippen molar-refractivity contribution in [3.63, 3.8) is 0 Å². The van der Waals surface area contributed by atoms with E-state index >= 15 is 0 Å². The van der Waals surface area contributed by atoms with Crippen LogP contribution in [0.15, 0.2) is 33.4 Å². The first kappa shape index (κ1) is 11.9. The molecule has 0 saturated heterocycles. The van der Waals surface area contributed by atoms with Gasteiger partial charge in [-0.3, -0.25) is 0 Å². The Morgan fingerprint density at radius 2 is 2.28 bits per heavy atom. The second-order valence-corrected chi connectivity index (χ2v) is 5.64. The summed E-state index contributed by atoms with van der Waals surface area (Å²) in [5.41, 5.74) is 3.17. The van der Waals surface area contributed by atoms with E-state index in [9.17, 15) is 0 Å². The molecule has 0 aliphatic heterocycles. The maximum absolute atomic E-state index is 5.56. The number of rotatable bonds is 4. The van der Waals surface area contributed by atoms with E-state index in [1.54, 1.807) is 6.26 Å². The summed E-state index contributed by atoms with van der Waals surface area (Å²) in [6, 6.07) is 6.85. The van der Waals surface area contributed by atoms with Gasteiger partial charge in [-0.15, -0.1) is 0 Å². The first-order valence-electron chi connectivity index (χ1n) is 6.17. The molecule has 0 spiro atoms. The molecule has 1 fully saturated rings. The number of hydrogen-bond acceptors (Lipinski definition) is 3. The summed E-state index contributed by atoms with van der Waals surface area (Å²) in [6.45, 7) is 2.85. The molecule has 1 aliphatic carbocycles. The highest BCUT2D eigenvalue weighted by Gasteiger charge is 2.20. The zero-order valence-electron chi connectivity index (χ0n) is 10.2. The minimum absolute atomic E-state index is 0.679. The fourth-order valence-electron chi connectivity index (χ4n) is 1.85. The predicted molar refractivity (Wildman–Crippen MR) is 74.2 cm³/mol. The van der Waals surface area contributed by atoms with Gasteiger partial charge in [0.25, 0.3) is 0 Å². The molecule has 1 N–H and O–H groups in total. The van der Waals surface area contributed by atoms with Crippen LogP contribution in [0.2, 0.25) is 0 Å². The highest BCUT2D eigenvalue weighted by atomic mass is 79.9. The van der Waals surface area contributed by atoms with Gasteiger partial charge in [-0.2, -0.15) is 0 Å². The second kappa shape index (κ2) is 4.86. The summed E-state index contributed by atoms with van der Waals surface area (Å²) in [5, 5.41) is 3.43. The highest BCUT2D eigenvalue weighted by molar-refractivity contribution is 9.10. The fraction of sp³-hybridized carbons (Fsp3) is 0.357. The third kappa shape index (κ3) is 2.65. The first-order chi connectivity index (χ1) is 8.72. The molecule has 1 saturated carbocycles. The lowest BCUT2D eigenvalue weighted by atomic mass is 10.1. The first-order valence-corrected chi connectivity index (χ1v) is 6.96. The zero-order valence-corrected chi connectivity index (χ0v) is 11.8. The largest absolute Gasteiger partial charge is 0.444 e. The van der Waals surface area contributed by atoms with Gasteiger partial charge in [0, 0.05) is 17.1 Å². The quantitative estimate of drug-likeness (QED) is 0.936. The molecule has 1 aromatic carbocycles. The van der Waals surface area contributed by atoms with Crippen LogP contribution in [-0.4, -0.2) is 11.0 Å². The molecule has 2 aromatic rings. The Morgan fingerprint density at radius 1 is 1.44 bits per heavy atom. The van der Waals surface area contributed by atoms with Crippen molar-refractivity contribution < 1.29 is 4.42 Å². The van der Waals surface area contributed by atoms with Crippen molar-refractivity contribution in [1.82, 2.24) is 10.3 Å². The van der Waals surface area contributed by atoms with Gasteiger partial charge >= 0.3 is 0 Å². The molecular weight excluding hydrogens is 292 g/mol. The zero-order chi connectivity index (χ0) is 12.5. The Balaban J connectivity index is 1.80. The number of nitrogens with zero attached hydrogens (tertiary/aromatic N) is 1. The number of aryl methyl sites for hydroxylation is 1. The van der Waals surface area contributed by atoms with Crippen LogP contribution in [0.5, 0.6) is 0 Å². The van der Waals surface area contributed by atoms with E-state index < -0.39 is 0 Å². The Morgan fingerprint density at radius 3 is 3.06 bits per heavy atom. The van der Waals surface area contributed by atoms with Gasteiger partial charge in [-0.1, -0.05) is 11.6 Å². The van der Waals surface area contributed by atoms with E-state index in [0.717, 1.165) is 22.3 Å². The van der Waals surface area contributed by atoms with Crippen molar-refractivity contribution in [3.05, 3.63) is 40.2 Å². The summed E-state index contributed by atoms with van der Waals surface area (Å²) in [6.07, 6.45) is 4.31. The molecule has 1 aromatic heterocycles. The van der Waals surface area contributed by atoms with E-state index in [2.05, 4.69) is 45.3 Å². The summed E-state index contributed by atoms with van der Waals surface area (Å²) >= 11 is 3.53. The molecular formula is C14H15BrN2O. The lowest BCUT2D eigenvalue weighted by Crippen LogP contribution is -2.15. The van der Waals surface area contributed by atoms with Crippen LogP contribution < -0.4 is 5.32 Å². The van der Waals surface area contributed by atoms with Crippen molar-refractivity contribution in [1.29, 1.82) is 0 Å². The molecule has 0 unspecified atom stereocenters. The summed E-state index contributed by atoms with van der Waals surface area (Å²) < 4.78 is 6.57. The number of hydrogen-bond donors (Lipinski definition) is 1. The Bertz CT molecular complexity index is 561. The van der Waals surface area contributed by atoms with Crippen LogP contribution >= 0.6 is 15.9 Å². The molecule has 1 heterocycles. The lowest BCUT2D eigenvalue weighted by molar-refractivity contribution is 0.569. The molecule has 0 atom stereocenters. The molecule has 3 rings (SSSR count). The number of nitrogens with one attached hydrogen (secondary N) is 1. The van der Waals surface area contributed by atoms with Gasteiger partial charge in [-0.25, -0.2) is 4.98 Å². The van der Waals surface area contributed by atoms with Crippen molar-refractivity contribution in [2.24, 2.45) is 0 Å². The number of benzene rings is 1. The van der Waals surface area contributed by atoms with E-state index in [1.165, 1.54) is 18.4 Å². The molecule has 18 heavy (non-hydrogen) atoms.